The normalized spacial score (nSPS) is 13.6. The Hall–Kier alpha value is -7.53. The van der Waals surface area contributed by atoms with Gasteiger partial charge in [0.15, 0.2) is 0 Å². The van der Waals surface area contributed by atoms with E-state index in [1.54, 1.807) is 0 Å². The molecule has 0 N–H and O–H groups in total. The fraction of sp³-hybridized carbons (Fsp3) is 0.156. The summed E-state index contributed by atoms with van der Waals surface area (Å²) in [5.41, 5.74) is 15.1. The van der Waals surface area contributed by atoms with Crippen molar-refractivity contribution in [1.29, 1.82) is 0 Å². The average molecular weight is 1100 g/mol. The fourth-order valence-corrected chi connectivity index (χ4v) is 12.3. The van der Waals surface area contributed by atoms with Crippen LogP contribution in [0.3, 0.4) is 0 Å². The van der Waals surface area contributed by atoms with E-state index in [-0.39, 0.29) is 5.41 Å². The number of benzene rings is 8. The Morgan fingerprint density at radius 3 is 1.96 bits per heavy atom. The quantitative estimate of drug-likeness (QED) is 0.160. The predicted octanol–water partition coefficient (Wildman–Crippen LogP) is 17.4. The number of aromatic nitrogens is 4. The van der Waals surface area contributed by atoms with Gasteiger partial charge in [0.1, 0.15) is 0 Å². The number of ether oxygens (including phenoxy) is 1. The Balaban J connectivity index is 1.04. The van der Waals surface area contributed by atoms with Gasteiger partial charge in [0.25, 0.3) is 0 Å². The first-order valence-corrected chi connectivity index (χ1v) is 26.0. The molecule has 7 heteroatoms. The van der Waals surface area contributed by atoms with Crippen LogP contribution in [-0.2, 0) is 24.8 Å². The van der Waals surface area contributed by atoms with Crippen LogP contribution >= 0.6 is 0 Å². The van der Waals surface area contributed by atoms with Crippen LogP contribution in [0.1, 0.15) is 69.9 Å². The van der Waals surface area contributed by atoms with E-state index in [0.29, 0.717) is 11.7 Å². The van der Waals surface area contributed by atoms with Crippen LogP contribution in [0, 0.1) is 3.80 Å². The summed E-state index contributed by atoms with van der Waals surface area (Å²) in [6, 6.07) is 67.4. The topological polar surface area (TPSA) is 49.5 Å². The van der Waals surface area contributed by atoms with Gasteiger partial charge < -0.3 is 0 Å². The first-order chi connectivity index (χ1) is 34.8. The zero-order valence-corrected chi connectivity index (χ0v) is 42.3. The minimum absolute atomic E-state index is 0.0343. The van der Waals surface area contributed by atoms with Gasteiger partial charge in [0.05, 0.1) is 0 Å². The molecule has 350 valence electrons. The van der Waals surface area contributed by atoms with Crippen LogP contribution < -0.4 is 4.74 Å². The van der Waals surface area contributed by atoms with Gasteiger partial charge in [-0.05, 0) is 41.4 Å². The third-order valence-corrected chi connectivity index (χ3v) is 15.7. The zero-order valence-electron chi connectivity index (χ0n) is 40.0. The second-order valence-corrected chi connectivity index (χ2v) is 21.1. The molecule has 0 saturated heterocycles. The Labute approximate surface area is 423 Å². The third-order valence-electron chi connectivity index (χ3n) is 14.7. The number of rotatable bonds is 7. The van der Waals surface area contributed by atoms with Gasteiger partial charge in [-0.2, -0.15) is 0 Å². The molecule has 0 atom stereocenters. The number of hydrogen-bond donors (Lipinski definition) is 0. The average Bonchev–Trinajstić information content (AvgIpc) is 3.89. The molecule has 1 aliphatic carbocycles. The SMILES string of the molecule is CC(C)(C)c1ccnc(-n2c3ccc(C4CCCCC4)cc3c3ccc(Oc4ccc5oc6ccccc6c6cccc7c6n([c](=[Pt])n7-c6c(-c7ccccc7)cccc6-c6ccccc6)c5c4)cc32)c1. The molecule has 0 unspecified atom stereocenters. The molecule has 12 aromatic rings. The summed E-state index contributed by atoms with van der Waals surface area (Å²) in [7, 11) is 0. The Kier molecular flexibility index (Phi) is 10.7. The molecule has 6 nitrogen and oxygen atoms in total. The second kappa shape index (κ2) is 17.4. The first kappa shape index (κ1) is 43.5. The van der Waals surface area contributed by atoms with Crippen LogP contribution in [0.25, 0.3) is 94.1 Å². The van der Waals surface area contributed by atoms with Crippen LogP contribution in [-0.4, -0.2) is 18.5 Å². The summed E-state index contributed by atoms with van der Waals surface area (Å²) >= 11 is 2.53. The van der Waals surface area contributed by atoms with Crippen molar-refractivity contribution in [2.24, 2.45) is 0 Å². The van der Waals surface area contributed by atoms with Crippen LogP contribution in [0.4, 0.5) is 0 Å². The van der Waals surface area contributed by atoms with Crippen molar-refractivity contribution in [3.63, 3.8) is 0 Å². The van der Waals surface area contributed by atoms with E-state index in [9.17, 15) is 0 Å². The summed E-state index contributed by atoms with van der Waals surface area (Å²) in [4.78, 5) is 5.02. The summed E-state index contributed by atoms with van der Waals surface area (Å²) in [5.74, 6) is 2.95. The molecule has 1 aliphatic rings. The van der Waals surface area contributed by atoms with Gasteiger partial charge in [0, 0.05) is 6.20 Å². The van der Waals surface area contributed by atoms with Gasteiger partial charge in [-0.1, -0.05) is 46.1 Å². The van der Waals surface area contributed by atoms with Gasteiger partial charge >= 0.3 is 332 Å². The molecule has 0 radical (unpaired) electrons. The van der Waals surface area contributed by atoms with Crippen molar-refractivity contribution >= 4 is 60.3 Å². The number of para-hydroxylation sites is 3. The molecular weight excluding hydrogens is 1050 g/mol. The molecule has 4 aromatic heterocycles. The van der Waals surface area contributed by atoms with E-state index >= 15 is 0 Å². The van der Waals surface area contributed by atoms with E-state index in [4.69, 9.17) is 14.1 Å². The zero-order chi connectivity index (χ0) is 47.8. The first-order valence-electron chi connectivity index (χ1n) is 24.9. The molecule has 0 bridgehead atoms. The third kappa shape index (κ3) is 7.50. The number of nitrogens with zero attached hydrogens (tertiary/aromatic N) is 4. The van der Waals surface area contributed by atoms with Crippen LogP contribution in [0.15, 0.2) is 199 Å². The van der Waals surface area contributed by atoms with Crippen LogP contribution in [0.2, 0.25) is 0 Å². The molecule has 1 fully saturated rings. The van der Waals surface area contributed by atoms with Gasteiger partial charge in [-0.25, -0.2) is 0 Å². The van der Waals surface area contributed by atoms with Crippen molar-refractivity contribution in [3.05, 3.63) is 209 Å². The molecule has 0 aliphatic heterocycles. The number of pyridine rings is 1. The maximum atomic E-state index is 7.04. The number of imidazole rings is 1. The standard InChI is InChI=1S/C64H52N4O2.Pt/c1-64(2,3)46-35-36-65-61(38-46)68-55-33-29-45(42-17-7-4-8-18-42)37-54(55)51-32-30-47(39-57(51)68)69-48-31-34-60-58(40-48)67-41-66(56-27-16-26-53(63(56)67)52-23-13-14-28-59(52)70-60)62-49(43-19-9-5-10-20-43)24-15-25-50(62)44-21-11-6-12-22-44;/h5-6,9-16,19-40,42H,4,7-8,17-18H2,1-3H3;. The van der Waals surface area contributed by atoms with E-state index in [1.165, 1.54) is 54.0 Å². The maximum absolute atomic E-state index is 7.04. The van der Waals surface area contributed by atoms with E-state index in [2.05, 4.69) is 230 Å². The van der Waals surface area contributed by atoms with Crippen LogP contribution in [0.5, 0.6) is 11.5 Å². The van der Waals surface area contributed by atoms with Crippen molar-refractivity contribution in [3.8, 4) is 45.3 Å². The Morgan fingerprint density at radius 2 is 1.21 bits per heavy atom. The molecule has 13 rings (SSSR count). The second-order valence-electron chi connectivity index (χ2n) is 20.1. The number of fused-ring (bicyclic) bond motifs is 7. The monoisotopic (exact) mass is 1100 g/mol. The van der Waals surface area contributed by atoms with Gasteiger partial charge in [-0.15, -0.1) is 0 Å². The molecule has 1 saturated carbocycles. The van der Waals surface area contributed by atoms with Gasteiger partial charge in [0.2, 0.25) is 0 Å². The summed E-state index contributed by atoms with van der Waals surface area (Å²) in [5, 5.41) is 4.55. The predicted molar refractivity (Wildman–Crippen MR) is 288 cm³/mol. The van der Waals surface area contributed by atoms with Crippen molar-refractivity contribution in [2.45, 2.75) is 64.2 Å². The molecule has 0 spiro atoms. The summed E-state index contributed by atoms with van der Waals surface area (Å²) in [6.07, 6.45) is 8.40. The minimum atomic E-state index is -0.0343. The number of hydrogen-bond acceptors (Lipinski definition) is 3. The van der Waals surface area contributed by atoms with Gasteiger partial charge in [-0.3, -0.25) is 0 Å². The molecule has 71 heavy (non-hydrogen) atoms. The molecule has 4 heterocycles. The fourth-order valence-electron chi connectivity index (χ4n) is 11.2. The molecular formula is C64H52N4O2Pt. The summed E-state index contributed by atoms with van der Waals surface area (Å²) in [6.45, 7) is 6.78. The Bertz CT molecular complexity index is 4070. The Morgan fingerprint density at radius 1 is 0.535 bits per heavy atom. The van der Waals surface area contributed by atoms with E-state index in [0.717, 1.165) is 92.8 Å². The molecule has 8 aromatic carbocycles. The summed E-state index contributed by atoms with van der Waals surface area (Å²) < 4.78 is 22.1. The van der Waals surface area contributed by atoms with Crippen molar-refractivity contribution in [1.82, 2.24) is 18.5 Å². The molecule has 0 amide bonds. The van der Waals surface area contributed by atoms with Crippen molar-refractivity contribution < 1.29 is 28.5 Å². The van der Waals surface area contributed by atoms with E-state index < -0.39 is 0 Å². The van der Waals surface area contributed by atoms with E-state index in [1.807, 2.05) is 18.3 Å². The van der Waals surface area contributed by atoms with Crippen molar-refractivity contribution in [2.75, 3.05) is 0 Å².